The molecule has 1 unspecified atom stereocenters. The molecule has 9 heteroatoms. The standard InChI is InChI=1S/C43H86NO7P/c1-6-8-10-12-14-16-18-20-22-24-26-28-30-32-34-36-43(45)51-42(41-50-52(46,47)49-39-37-44(3,4)5)40-48-38-35-33-31-29-27-25-23-21-19-17-15-13-11-9-7-2/h20,22,42H,6-19,21,23-41H2,1-5H3/p+1/b22-20-/t42-/m1/s1. The highest BCUT2D eigenvalue weighted by atomic mass is 31.2. The summed E-state index contributed by atoms with van der Waals surface area (Å²) in [6.07, 6.45) is 39.5. The van der Waals surface area contributed by atoms with Crippen molar-refractivity contribution >= 4 is 13.8 Å². The molecule has 52 heavy (non-hydrogen) atoms. The Balaban J connectivity index is 4.22. The first-order valence-electron chi connectivity index (χ1n) is 21.9. The molecule has 0 saturated heterocycles. The molecule has 0 aromatic rings. The predicted molar refractivity (Wildman–Crippen MR) is 220 cm³/mol. The topological polar surface area (TPSA) is 91.3 Å². The zero-order chi connectivity index (χ0) is 38.4. The van der Waals surface area contributed by atoms with Crippen LogP contribution in [0.15, 0.2) is 12.2 Å². The average molecular weight is 761 g/mol. The van der Waals surface area contributed by atoms with Gasteiger partial charge in [0.1, 0.15) is 19.3 Å². The summed E-state index contributed by atoms with van der Waals surface area (Å²) in [4.78, 5) is 22.9. The van der Waals surface area contributed by atoms with Crippen LogP contribution in [0.4, 0.5) is 0 Å². The second-order valence-electron chi connectivity index (χ2n) is 16.1. The molecule has 0 aliphatic rings. The monoisotopic (exact) mass is 761 g/mol. The van der Waals surface area contributed by atoms with Crippen molar-refractivity contribution in [3.05, 3.63) is 12.2 Å². The number of phosphoric acid groups is 1. The Hall–Kier alpha value is -0.760. The number of allylic oxidation sites excluding steroid dienone is 2. The van der Waals surface area contributed by atoms with Crippen LogP contribution in [0.3, 0.4) is 0 Å². The van der Waals surface area contributed by atoms with Gasteiger partial charge in [0, 0.05) is 13.0 Å². The summed E-state index contributed by atoms with van der Waals surface area (Å²) in [5.74, 6) is -0.319. The molecule has 310 valence electrons. The SMILES string of the molecule is CCCCCCCC/C=C\CCCCCCCC(=O)O[C@H](COCCCCCCCCCCCCCCCCC)COP(=O)(O)OCC[N+](C)(C)C. The number of esters is 1. The van der Waals surface area contributed by atoms with Crippen LogP contribution in [-0.2, 0) is 27.9 Å². The van der Waals surface area contributed by atoms with E-state index in [0.717, 1.165) is 38.5 Å². The predicted octanol–water partition coefficient (Wildman–Crippen LogP) is 12.7. The molecule has 0 saturated carbocycles. The van der Waals surface area contributed by atoms with Crippen molar-refractivity contribution in [3.8, 4) is 0 Å². The van der Waals surface area contributed by atoms with E-state index in [2.05, 4.69) is 26.0 Å². The number of unbranched alkanes of at least 4 members (excludes halogenated alkanes) is 25. The van der Waals surface area contributed by atoms with E-state index in [1.54, 1.807) is 0 Å². The molecule has 0 heterocycles. The Morgan fingerprint density at radius 1 is 0.577 bits per heavy atom. The molecular formula is C43H87NO7P+. The maximum atomic E-state index is 12.7. The minimum Gasteiger partial charge on any atom is -0.457 e. The highest BCUT2D eigenvalue weighted by Gasteiger charge is 2.26. The van der Waals surface area contributed by atoms with Gasteiger partial charge in [0.2, 0.25) is 0 Å². The summed E-state index contributed by atoms with van der Waals surface area (Å²) < 4.78 is 35.0. The first kappa shape index (κ1) is 51.2. The number of hydrogen-bond donors (Lipinski definition) is 1. The van der Waals surface area contributed by atoms with Gasteiger partial charge < -0.3 is 18.9 Å². The normalized spacial score (nSPS) is 13.9. The van der Waals surface area contributed by atoms with Crippen molar-refractivity contribution in [1.29, 1.82) is 0 Å². The van der Waals surface area contributed by atoms with E-state index in [1.165, 1.54) is 141 Å². The smallest absolute Gasteiger partial charge is 0.457 e. The third-order valence-electron chi connectivity index (χ3n) is 9.58. The first-order chi connectivity index (χ1) is 25.1. The van der Waals surface area contributed by atoms with Gasteiger partial charge in [-0.1, -0.05) is 167 Å². The molecular weight excluding hydrogens is 673 g/mol. The quantitative estimate of drug-likeness (QED) is 0.0218. The zero-order valence-electron chi connectivity index (χ0n) is 35.1. The number of quaternary nitrogens is 1. The lowest BCUT2D eigenvalue weighted by Gasteiger charge is -2.24. The molecule has 0 aliphatic heterocycles. The number of carbonyl (C=O) groups excluding carboxylic acids is 1. The van der Waals surface area contributed by atoms with Gasteiger partial charge in [-0.3, -0.25) is 13.8 Å². The van der Waals surface area contributed by atoms with Gasteiger partial charge in [-0.2, -0.15) is 0 Å². The minimum atomic E-state index is -4.27. The molecule has 8 nitrogen and oxygen atoms in total. The fourth-order valence-electron chi connectivity index (χ4n) is 6.14. The van der Waals surface area contributed by atoms with Gasteiger partial charge in [0.05, 0.1) is 34.4 Å². The highest BCUT2D eigenvalue weighted by Crippen LogP contribution is 2.43. The van der Waals surface area contributed by atoms with Crippen LogP contribution in [0.5, 0.6) is 0 Å². The molecule has 0 aliphatic carbocycles. The first-order valence-corrected chi connectivity index (χ1v) is 23.4. The van der Waals surface area contributed by atoms with Crippen molar-refractivity contribution < 1.29 is 37.3 Å². The van der Waals surface area contributed by atoms with E-state index in [9.17, 15) is 14.3 Å². The van der Waals surface area contributed by atoms with Gasteiger partial charge >= 0.3 is 13.8 Å². The van der Waals surface area contributed by atoms with Crippen molar-refractivity contribution in [2.75, 3.05) is 54.1 Å². The molecule has 1 N–H and O–H groups in total. The summed E-state index contributed by atoms with van der Waals surface area (Å²) in [7, 11) is 1.67. The number of carbonyl (C=O) groups is 1. The Labute approximate surface area is 322 Å². The molecule has 0 bridgehead atoms. The second kappa shape index (κ2) is 37.2. The molecule has 0 aromatic heterocycles. The number of phosphoric ester groups is 1. The van der Waals surface area contributed by atoms with Gasteiger partial charge in [0.15, 0.2) is 0 Å². The van der Waals surface area contributed by atoms with E-state index in [0.29, 0.717) is 24.1 Å². The summed E-state index contributed by atoms with van der Waals surface area (Å²) in [5.41, 5.74) is 0. The minimum absolute atomic E-state index is 0.0902. The number of likely N-dealkylation sites (N-methyl/N-ethyl adjacent to an activating group) is 1. The molecule has 0 radical (unpaired) electrons. The van der Waals surface area contributed by atoms with Crippen molar-refractivity contribution in [1.82, 2.24) is 0 Å². The van der Waals surface area contributed by atoms with E-state index in [-0.39, 0.29) is 25.8 Å². The summed E-state index contributed by atoms with van der Waals surface area (Å²) >= 11 is 0. The molecule has 2 atom stereocenters. The van der Waals surface area contributed by atoms with E-state index in [4.69, 9.17) is 18.5 Å². The molecule has 0 rings (SSSR count). The lowest BCUT2D eigenvalue weighted by molar-refractivity contribution is -0.870. The van der Waals surface area contributed by atoms with Crippen LogP contribution in [0.1, 0.15) is 200 Å². The van der Waals surface area contributed by atoms with E-state index >= 15 is 0 Å². The zero-order valence-corrected chi connectivity index (χ0v) is 36.0. The summed E-state index contributed by atoms with van der Waals surface area (Å²) in [5, 5.41) is 0. The lowest BCUT2D eigenvalue weighted by Crippen LogP contribution is -2.37. The van der Waals surface area contributed by atoms with Gasteiger partial charge in [-0.05, 0) is 38.5 Å². The Bertz CT molecular complexity index is 848. The maximum absolute atomic E-state index is 12.7. The Kier molecular flexibility index (Phi) is 36.6. The Morgan fingerprint density at radius 2 is 1.00 bits per heavy atom. The second-order valence-corrected chi connectivity index (χ2v) is 17.5. The molecule has 0 aromatic carbocycles. The van der Waals surface area contributed by atoms with Gasteiger partial charge in [-0.15, -0.1) is 0 Å². The van der Waals surface area contributed by atoms with Crippen molar-refractivity contribution in [2.45, 2.75) is 206 Å². The summed E-state index contributed by atoms with van der Waals surface area (Å²) in [6, 6.07) is 0. The number of rotatable bonds is 41. The van der Waals surface area contributed by atoms with Crippen molar-refractivity contribution in [2.24, 2.45) is 0 Å². The molecule has 0 amide bonds. The van der Waals surface area contributed by atoms with Crippen LogP contribution in [0, 0.1) is 0 Å². The maximum Gasteiger partial charge on any atom is 0.472 e. The largest absolute Gasteiger partial charge is 0.472 e. The van der Waals surface area contributed by atoms with Crippen LogP contribution in [0.2, 0.25) is 0 Å². The fraction of sp³-hybridized carbons (Fsp3) is 0.930. The third kappa shape index (κ3) is 40.4. The lowest BCUT2D eigenvalue weighted by atomic mass is 10.0. The fourth-order valence-corrected chi connectivity index (χ4v) is 6.88. The summed E-state index contributed by atoms with van der Waals surface area (Å²) in [6.45, 7) is 5.64. The van der Waals surface area contributed by atoms with Crippen LogP contribution in [-0.4, -0.2) is 75.6 Å². The molecule has 0 spiro atoms. The van der Waals surface area contributed by atoms with Crippen LogP contribution >= 0.6 is 7.82 Å². The van der Waals surface area contributed by atoms with Crippen molar-refractivity contribution in [3.63, 3.8) is 0 Å². The number of nitrogens with zero attached hydrogens (tertiary/aromatic N) is 1. The van der Waals surface area contributed by atoms with E-state index in [1.807, 2.05) is 21.1 Å². The average Bonchev–Trinajstić information content (AvgIpc) is 3.09. The van der Waals surface area contributed by atoms with Crippen LogP contribution in [0.25, 0.3) is 0 Å². The van der Waals surface area contributed by atoms with Gasteiger partial charge in [-0.25, -0.2) is 4.57 Å². The van der Waals surface area contributed by atoms with E-state index < -0.39 is 13.9 Å². The van der Waals surface area contributed by atoms with Gasteiger partial charge in [0.25, 0.3) is 0 Å². The van der Waals surface area contributed by atoms with Crippen LogP contribution < -0.4 is 0 Å². The number of hydrogen-bond acceptors (Lipinski definition) is 6. The molecule has 0 fully saturated rings. The third-order valence-corrected chi connectivity index (χ3v) is 10.6. The number of ether oxygens (including phenoxy) is 2. The Morgan fingerprint density at radius 3 is 1.46 bits per heavy atom. The highest BCUT2D eigenvalue weighted by molar-refractivity contribution is 7.47.